The summed E-state index contributed by atoms with van der Waals surface area (Å²) in [4.78, 5) is 0.320. The van der Waals surface area contributed by atoms with Crippen molar-refractivity contribution in [2.24, 2.45) is 0 Å². The summed E-state index contributed by atoms with van der Waals surface area (Å²) in [6, 6.07) is 8.29. The van der Waals surface area contributed by atoms with Crippen LogP contribution in [0.5, 0.6) is 0 Å². The maximum Gasteiger partial charge on any atom is 0.250 e. The Morgan fingerprint density at radius 3 is 2.35 bits per heavy atom. The Labute approximate surface area is 159 Å². The Kier molecular flexibility index (Phi) is 5.55. The lowest BCUT2D eigenvalue weighted by atomic mass is 10.1. The molecular formula is C17H22N2O4S3. The molecule has 0 saturated carbocycles. The summed E-state index contributed by atoms with van der Waals surface area (Å²) in [6.45, 7) is 4.32. The van der Waals surface area contributed by atoms with Crippen LogP contribution in [0, 0.1) is 13.8 Å². The first-order chi connectivity index (χ1) is 12.2. The van der Waals surface area contributed by atoms with Crippen LogP contribution in [0.3, 0.4) is 0 Å². The van der Waals surface area contributed by atoms with Gasteiger partial charge in [0.25, 0.3) is 0 Å². The quantitative estimate of drug-likeness (QED) is 0.815. The summed E-state index contributed by atoms with van der Waals surface area (Å²) in [7, 11) is -7.09. The van der Waals surface area contributed by atoms with E-state index in [4.69, 9.17) is 0 Å². The van der Waals surface area contributed by atoms with Gasteiger partial charge in [-0.3, -0.25) is 0 Å². The lowest BCUT2D eigenvalue weighted by Gasteiger charge is -2.31. The summed E-state index contributed by atoms with van der Waals surface area (Å²) in [5.74, 6) is 0. The number of sulfonamides is 2. The van der Waals surface area contributed by atoms with Gasteiger partial charge in [-0.2, -0.15) is 4.31 Å². The molecule has 1 N–H and O–H groups in total. The third-order valence-electron chi connectivity index (χ3n) is 4.48. The number of thiophene rings is 1. The summed E-state index contributed by atoms with van der Waals surface area (Å²) in [5, 5.41) is 1.72. The molecule has 1 fully saturated rings. The molecule has 0 radical (unpaired) electrons. The second kappa shape index (κ2) is 7.40. The van der Waals surface area contributed by atoms with Crippen molar-refractivity contribution < 1.29 is 16.8 Å². The Bertz CT molecular complexity index is 975. The summed E-state index contributed by atoms with van der Waals surface area (Å²) < 4.78 is 54.8. The normalized spacial score (nSPS) is 17.5. The third-order valence-corrected chi connectivity index (χ3v) is 9.46. The van der Waals surface area contributed by atoms with Crippen molar-refractivity contribution in [1.29, 1.82) is 0 Å². The summed E-state index contributed by atoms with van der Waals surface area (Å²) in [6.07, 6.45) is 0.906. The molecule has 1 aliphatic rings. The molecule has 3 rings (SSSR count). The summed E-state index contributed by atoms with van der Waals surface area (Å²) >= 11 is 1.17. The molecule has 0 spiro atoms. The fourth-order valence-electron chi connectivity index (χ4n) is 3.14. The van der Waals surface area contributed by atoms with E-state index in [0.717, 1.165) is 11.1 Å². The highest BCUT2D eigenvalue weighted by molar-refractivity contribution is 7.91. The van der Waals surface area contributed by atoms with Gasteiger partial charge >= 0.3 is 0 Å². The fraction of sp³-hybridized carbons (Fsp3) is 0.412. The van der Waals surface area contributed by atoms with E-state index in [-0.39, 0.29) is 10.3 Å². The summed E-state index contributed by atoms with van der Waals surface area (Å²) in [5.41, 5.74) is 1.74. The van der Waals surface area contributed by atoms with Crippen molar-refractivity contribution in [3.63, 3.8) is 0 Å². The highest BCUT2D eigenvalue weighted by atomic mass is 32.2. The number of hydrogen-bond acceptors (Lipinski definition) is 5. The van der Waals surface area contributed by atoms with Gasteiger partial charge in [0, 0.05) is 19.1 Å². The smallest absolute Gasteiger partial charge is 0.207 e. The number of benzene rings is 1. The SMILES string of the molecule is Cc1ccc(S(=O)(=O)N2CCC(NS(=O)(=O)c3cccs3)CC2)c(C)c1. The molecule has 2 heterocycles. The van der Waals surface area contributed by atoms with E-state index in [1.807, 2.05) is 13.0 Å². The van der Waals surface area contributed by atoms with Crippen molar-refractivity contribution in [2.45, 2.75) is 41.8 Å². The van der Waals surface area contributed by atoms with Crippen LogP contribution in [0.25, 0.3) is 0 Å². The zero-order chi connectivity index (χ0) is 18.9. The molecule has 1 aromatic heterocycles. The zero-order valence-corrected chi connectivity index (χ0v) is 17.1. The Morgan fingerprint density at radius 2 is 1.77 bits per heavy atom. The number of nitrogens with one attached hydrogen (secondary N) is 1. The van der Waals surface area contributed by atoms with Gasteiger partial charge in [0.2, 0.25) is 20.0 Å². The molecule has 0 bridgehead atoms. The van der Waals surface area contributed by atoms with E-state index in [1.54, 1.807) is 36.6 Å². The molecule has 2 aromatic rings. The molecule has 0 amide bonds. The number of piperidine rings is 1. The maximum absolute atomic E-state index is 12.9. The van der Waals surface area contributed by atoms with E-state index in [1.165, 1.54) is 15.6 Å². The van der Waals surface area contributed by atoms with Crippen LogP contribution < -0.4 is 4.72 Å². The van der Waals surface area contributed by atoms with Gasteiger partial charge in [-0.1, -0.05) is 23.8 Å². The molecule has 1 aromatic carbocycles. The van der Waals surface area contributed by atoms with E-state index < -0.39 is 20.0 Å². The number of hydrogen-bond donors (Lipinski definition) is 1. The lowest BCUT2D eigenvalue weighted by Crippen LogP contribution is -2.46. The van der Waals surface area contributed by atoms with E-state index in [2.05, 4.69) is 4.72 Å². The first-order valence-corrected chi connectivity index (χ1v) is 12.1. The van der Waals surface area contributed by atoms with Crippen LogP contribution >= 0.6 is 11.3 Å². The molecular weight excluding hydrogens is 392 g/mol. The van der Waals surface area contributed by atoms with Gasteiger partial charge < -0.3 is 0 Å². The molecule has 26 heavy (non-hydrogen) atoms. The predicted molar refractivity (Wildman–Crippen MR) is 102 cm³/mol. The zero-order valence-electron chi connectivity index (χ0n) is 14.7. The highest BCUT2D eigenvalue weighted by Gasteiger charge is 2.32. The van der Waals surface area contributed by atoms with Gasteiger partial charge in [0.15, 0.2) is 0 Å². The van der Waals surface area contributed by atoms with Crippen LogP contribution in [0.15, 0.2) is 44.8 Å². The first kappa shape index (κ1) is 19.5. The molecule has 1 aliphatic heterocycles. The van der Waals surface area contributed by atoms with Crippen molar-refractivity contribution in [1.82, 2.24) is 9.03 Å². The van der Waals surface area contributed by atoms with Crippen molar-refractivity contribution in [2.75, 3.05) is 13.1 Å². The van der Waals surface area contributed by atoms with Crippen LogP contribution in [0.1, 0.15) is 24.0 Å². The van der Waals surface area contributed by atoms with Crippen LogP contribution in [-0.4, -0.2) is 40.3 Å². The number of aryl methyl sites for hydroxylation is 2. The van der Waals surface area contributed by atoms with Crippen molar-refractivity contribution in [3.05, 3.63) is 46.8 Å². The number of nitrogens with zero attached hydrogens (tertiary/aromatic N) is 1. The topological polar surface area (TPSA) is 83.6 Å². The van der Waals surface area contributed by atoms with Gasteiger partial charge in [0.1, 0.15) is 4.21 Å². The van der Waals surface area contributed by atoms with Crippen LogP contribution in [0.2, 0.25) is 0 Å². The first-order valence-electron chi connectivity index (χ1n) is 8.33. The maximum atomic E-state index is 12.9. The van der Waals surface area contributed by atoms with Gasteiger partial charge in [-0.05, 0) is 49.8 Å². The van der Waals surface area contributed by atoms with Gasteiger partial charge in [-0.15, -0.1) is 11.3 Å². The molecule has 142 valence electrons. The van der Waals surface area contributed by atoms with E-state index in [0.29, 0.717) is 30.8 Å². The second-order valence-electron chi connectivity index (χ2n) is 6.50. The van der Waals surface area contributed by atoms with E-state index in [9.17, 15) is 16.8 Å². The molecule has 9 heteroatoms. The molecule has 0 unspecified atom stereocenters. The largest absolute Gasteiger partial charge is 0.250 e. The Balaban J connectivity index is 1.68. The Hall–Kier alpha value is -1.26. The van der Waals surface area contributed by atoms with Crippen molar-refractivity contribution >= 4 is 31.4 Å². The van der Waals surface area contributed by atoms with Crippen molar-refractivity contribution in [3.8, 4) is 0 Å². The van der Waals surface area contributed by atoms with Crippen LogP contribution in [-0.2, 0) is 20.0 Å². The monoisotopic (exact) mass is 414 g/mol. The van der Waals surface area contributed by atoms with Gasteiger partial charge in [0.05, 0.1) is 4.90 Å². The Morgan fingerprint density at radius 1 is 1.08 bits per heavy atom. The fourth-order valence-corrected chi connectivity index (χ4v) is 7.13. The number of rotatable bonds is 5. The second-order valence-corrected chi connectivity index (χ2v) is 11.3. The van der Waals surface area contributed by atoms with E-state index >= 15 is 0 Å². The average Bonchev–Trinajstić information content (AvgIpc) is 3.10. The lowest BCUT2D eigenvalue weighted by molar-refractivity contribution is 0.308. The van der Waals surface area contributed by atoms with Crippen LogP contribution in [0.4, 0.5) is 0 Å². The minimum Gasteiger partial charge on any atom is -0.207 e. The molecule has 0 aliphatic carbocycles. The minimum atomic E-state index is -3.56. The van der Waals surface area contributed by atoms with Gasteiger partial charge in [-0.25, -0.2) is 21.6 Å². The molecule has 1 saturated heterocycles. The predicted octanol–water partition coefficient (Wildman–Crippen LogP) is 2.50. The molecule has 6 nitrogen and oxygen atoms in total. The molecule has 0 atom stereocenters. The standard InChI is InChI=1S/C17H22N2O4S3/c1-13-5-6-16(14(2)12-13)26(22,23)19-9-7-15(8-10-19)18-25(20,21)17-4-3-11-24-17/h3-6,11-12,15,18H,7-10H2,1-2H3. The minimum absolute atomic E-state index is 0.257. The highest BCUT2D eigenvalue weighted by Crippen LogP contribution is 2.25. The average molecular weight is 415 g/mol. The third kappa shape index (κ3) is 4.01.